The third kappa shape index (κ3) is 3.46. The maximum Gasteiger partial charge on any atom is 0.251 e. The molecule has 0 fully saturated rings. The molecule has 1 unspecified atom stereocenters. The van der Waals surface area contributed by atoms with Gasteiger partial charge in [-0.05, 0) is 31.2 Å². The summed E-state index contributed by atoms with van der Waals surface area (Å²) in [5, 5.41) is 17.1. The monoisotopic (exact) mass is 337 g/mol. The Balaban J connectivity index is 2.00. The average Bonchev–Trinajstić information content (AvgIpc) is 2.84. The summed E-state index contributed by atoms with van der Waals surface area (Å²) < 4.78 is 2.52. The van der Waals surface area contributed by atoms with Crippen LogP contribution in [-0.2, 0) is 12.6 Å². The van der Waals surface area contributed by atoms with Gasteiger partial charge in [0.05, 0.1) is 12.7 Å². The van der Waals surface area contributed by atoms with Crippen LogP contribution in [0.15, 0.2) is 41.1 Å². The molecule has 0 aliphatic heterocycles. The fourth-order valence-corrected chi connectivity index (χ4v) is 2.02. The number of carbonyl (C=O) groups is 1. The Kier molecular flexibility index (Phi) is 4.25. The largest absolute Gasteiger partial charge is 0.383 e. The second-order valence-electron chi connectivity index (χ2n) is 4.87. The molecule has 2 N–H and O–H groups in total. The number of nitrogens with zero attached hydrogens (tertiary/aromatic N) is 2. The van der Waals surface area contributed by atoms with E-state index in [-0.39, 0.29) is 12.5 Å². The van der Waals surface area contributed by atoms with Gasteiger partial charge in [-0.3, -0.25) is 9.48 Å². The molecule has 20 heavy (non-hydrogen) atoms. The number of hydrogen-bond acceptors (Lipinski definition) is 3. The first kappa shape index (κ1) is 14.7. The van der Waals surface area contributed by atoms with Crippen molar-refractivity contribution < 1.29 is 9.90 Å². The number of nitrogens with one attached hydrogen (secondary N) is 1. The fourth-order valence-electron chi connectivity index (χ4n) is 1.76. The van der Waals surface area contributed by atoms with Crippen molar-refractivity contribution in [1.29, 1.82) is 0 Å². The van der Waals surface area contributed by atoms with Crippen molar-refractivity contribution >= 4 is 21.8 Å². The van der Waals surface area contributed by atoms with E-state index in [1.807, 2.05) is 0 Å². The summed E-state index contributed by atoms with van der Waals surface area (Å²) >= 11 is 3.32. The molecule has 5 nitrogen and oxygen atoms in total. The van der Waals surface area contributed by atoms with E-state index in [1.165, 1.54) is 0 Å². The highest BCUT2D eigenvalue weighted by molar-refractivity contribution is 9.10. The zero-order valence-electron chi connectivity index (χ0n) is 11.3. The first-order valence-electron chi connectivity index (χ1n) is 6.14. The molecule has 106 valence electrons. The van der Waals surface area contributed by atoms with E-state index in [0.29, 0.717) is 11.1 Å². The Morgan fingerprint density at radius 1 is 1.45 bits per heavy atom. The quantitative estimate of drug-likeness (QED) is 0.894. The molecule has 1 amide bonds. The van der Waals surface area contributed by atoms with Gasteiger partial charge < -0.3 is 10.4 Å². The Hall–Kier alpha value is -1.66. The van der Waals surface area contributed by atoms with Crippen LogP contribution in [0.25, 0.3) is 0 Å². The highest BCUT2D eigenvalue weighted by Crippen LogP contribution is 2.18. The van der Waals surface area contributed by atoms with Crippen molar-refractivity contribution in [3.8, 4) is 0 Å². The van der Waals surface area contributed by atoms with E-state index in [9.17, 15) is 9.90 Å². The lowest BCUT2D eigenvalue weighted by Gasteiger charge is -2.22. The molecule has 0 saturated heterocycles. The maximum absolute atomic E-state index is 12.0. The lowest BCUT2D eigenvalue weighted by Crippen LogP contribution is -2.38. The summed E-state index contributed by atoms with van der Waals surface area (Å²) in [6.07, 6.45) is 3.32. The van der Waals surface area contributed by atoms with Gasteiger partial charge in [0, 0.05) is 28.8 Å². The second kappa shape index (κ2) is 5.76. The number of benzene rings is 1. The van der Waals surface area contributed by atoms with Gasteiger partial charge in [0.1, 0.15) is 5.60 Å². The number of amides is 1. The predicted octanol–water partition coefficient (Wildman–Crippen LogP) is 1.82. The highest BCUT2D eigenvalue weighted by Gasteiger charge is 2.25. The Bertz CT molecular complexity index is 605. The van der Waals surface area contributed by atoms with Crippen LogP contribution in [0.5, 0.6) is 0 Å². The zero-order valence-corrected chi connectivity index (χ0v) is 12.9. The summed E-state index contributed by atoms with van der Waals surface area (Å²) in [5.74, 6) is -0.221. The summed E-state index contributed by atoms with van der Waals surface area (Å²) in [5.41, 5.74) is 0.0607. The van der Waals surface area contributed by atoms with Crippen LogP contribution in [-0.4, -0.2) is 27.3 Å². The number of aryl methyl sites for hydroxylation is 1. The Morgan fingerprint density at radius 2 is 2.10 bits per heavy atom. The van der Waals surface area contributed by atoms with Gasteiger partial charge in [-0.25, -0.2) is 0 Å². The van der Waals surface area contributed by atoms with Crippen LogP contribution in [0.1, 0.15) is 22.8 Å². The number of aliphatic hydroxyl groups is 1. The molecule has 1 atom stereocenters. The van der Waals surface area contributed by atoms with Crippen molar-refractivity contribution in [3.05, 3.63) is 52.3 Å². The summed E-state index contributed by atoms with van der Waals surface area (Å²) in [6.45, 7) is 1.76. The summed E-state index contributed by atoms with van der Waals surface area (Å²) in [6, 6.07) is 7.04. The third-order valence-corrected chi connectivity index (χ3v) is 3.56. The predicted molar refractivity (Wildman–Crippen MR) is 79.3 cm³/mol. The molecule has 2 aromatic rings. The minimum Gasteiger partial charge on any atom is -0.383 e. The van der Waals surface area contributed by atoms with Crippen molar-refractivity contribution in [2.45, 2.75) is 12.5 Å². The topological polar surface area (TPSA) is 67.2 Å². The van der Waals surface area contributed by atoms with Crippen molar-refractivity contribution in [3.63, 3.8) is 0 Å². The molecule has 2 rings (SSSR count). The van der Waals surface area contributed by atoms with Crippen LogP contribution >= 0.6 is 15.9 Å². The minimum atomic E-state index is -1.15. The van der Waals surface area contributed by atoms with Crippen LogP contribution in [0, 0.1) is 0 Å². The van der Waals surface area contributed by atoms with Crippen LogP contribution in [0.2, 0.25) is 0 Å². The Morgan fingerprint density at radius 3 is 2.65 bits per heavy atom. The number of carbonyl (C=O) groups excluding carboxylic acids is 1. The van der Waals surface area contributed by atoms with Gasteiger partial charge in [0.15, 0.2) is 0 Å². The van der Waals surface area contributed by atoms with Gasteiger partial charge in [0.2, 0.25) is 0 Å². The van der Waals surface area contributed by atoms with Gasteiger partial charge >= 0.3 is 0 Å². The molecular weight excluding hydrogens is 322 g/mol. The smallest absolute Gasteiger partial charge is 0.251 e. The van der Waals surface area contributed by atoms with E-state index < -0.39 is 5.60 Å². The van der Waals surface area contributed by atoms with Crippen LogP contribution in [0.3, 0.4) is 0 Å². The summed E-state index contributed by atoms with van der Waals surface area (Å²) in [7, 11) is 1.78. The van der Waals surface area contributed by atoms with E-state index >= 15 is 0 Å². The molecule has 0 spiro atoms. The molecule has 0 saturated carbocycles. The van der Waals surface area contributed by atoms with Crippen molar-refractivity contribution in [2.75, 3.05) is 6.54 Å². The molecule has 0 aliphatic carbocycles. The third-order valence-electron chi connectivity index (χ3n) is 3.03. The lowest BCUT2D eigenvalue weighted by atomic mass is 9.99. The number of rotatable bonds is 4. The molecule has 0 aliphatic rings. The van der Waals surface area contributed by atoms with Crippen LogP contribution < -0.4 is 5.32 Å². The van der Waals surface area contributed by atoms with Crippen molar-refractivity contribution in [1.82, 2.24) is 15.1 Å². The molecule has 6 heteroatoms. The van der Waals surface area contributed by atoms with Crippen molar-refractivity contribution in [2.24, 2.45) is 7.05 Å². The Labute approximate surface area is 125 Å². The van der Waals surface area contributed by atoms with Gasteiger partial charge in [0.25, 0.3) is 5.91 Å². The summed E-state index contributed by atoms with van der Waals surface area (Å²) in [4.78, 5) is 12.0. The highest BCUT2D eigenvalue weighted by atomic mass is 79.9. The first-order valence-corrected chi connectivity index (χ1v) is 6.93. The van der Waals surface area contributed by atoms with Gasteiger partial charge in [-0.2, -0.15) is 5.10 Å². The van der Waals surface area contributed by atoms with E-state index in [1.54, 1.807) is 55.3 Å². The second-order valence-corrected chi connectivity index (χ2v) is 5.78. The first-order chi connectivity index (χ1) is 9.38. The molecular formula is C14H16BrN3O2. The number of halogens is 1. The molecule has 0 bridgehead atoms. The average molecular weight is 338 g/mol. The van der Waals surface area contributed by atoms with Gasteiger partial charge in [-0.1, -0.05) is 15.9 Å². The minimum absolute atomic E-state index is 0.119. The van der Waals surface area contributed by atoms with Crippen LogP contribution in [0.4, 0.5) is 0 Å². The number of aromatic nitrogens is 2. The number of hydrogen-bond donors (Lipinski definition) is 2. The fraction of sp³-hybridized carbons (Fsp3) is 0.286. The normalized spacial score (nSPS) is 13.8. The van der Waals surface area contributed by atoms with E-state index in [0.717, 1.165) is 4.47 Å². The lowest BCUT2D eigenvalue weighted by molar-refractivity contribution is 0.0526. The molecule has 0 radical (unpaired) electrons. The van der Waals surface area contributed by atoms with E-state index in [2.05, 4.69) is 26.3 Å². The van der Waals surface area contributed by atoms with Gasteiger partial charge in [-0.15, -0.1) is 0 Å². The zero-order chi connectivity index (χ0) is 14.8. The molecule has 1 aromatic heterocycles. The standard InChI is InChI=1S/C14H16BrN3O2/c1-14(20,11-7-17-18(2)8-11)9-16-13(19)10-3-5-12(15)6-4-10/h3-8,20H,9H2,1-2H3,(H,16,19). The SMILES string of the molecule is Cn1cc(C(C)(O)CNC(=O)c2ccc(Br)cc2)cn1. The molecule has 1 aromatic carbocycles. The maximum atomic E-state index is 12.0. The van der Waals surface area contributed by atoms with E-state index in [4.69, 9.17) is 0 Å². The molecule has 1 heterocycles.